The van der Waals surface area contributed by atoms with E-state index < -0.39 is 6.10 Å². The molecule has 0 radical (unpaired) electrons. The Morgan fingerprint density at radius 1 is 1.36 bits per heavy atom. The van der Waals surface area contributed by atoms with Gasteiger partial charge in [-0.15, -0.1) is 0 Å². The van der Waals surface area contributed by atoms with Crippen molar-refractivity contribution >= 4 is 10.9 Å². The van der Waals surface area contributed by atoms with Crippen LogP contribution in [-0.2, 0) is 0 Å². The van der Waals surface area contributed by atoms with E-state index in [2.05, 4.69) is 4.98 Å². The van der Waals surface area contributed by atoms with E-state index >= 15 is 0 Å². The van der Waals surface area contributed by atoms with E-state index in [1.165, 1.54) is 0 Å². The first kappa shape index (κ1) is 9.24. The quantitative estimate of drug-likeness (QED) is 0.687. The predicted octanol–water partition coefficient (Wildman–Crippen LogP) is 1.55. The van der Waals surface area contributed by atoms with Crippen molar-refractivity contribution in [2.75, 3.05) is 6.54 Å². The van der Waals surface area contributed by atoms with Crippen LogP contribution in [0.2, 0.25) is 0 Å². The van der Waals surface area contributed by atoms with Crippen LogP contribution in [0.4, 0.5) is 0 Å². The first-order valence-electron chi connectivity index (χ1n) is 4.76. The van der Waals surface area contributed by atoms with Crippen molar-refractivity contribution in [1.82, 2.24) is 4.98 Å². The first-order chi connectivity index (χ1) is 6.81. The molecule has 2 rings (SSSR count). The zero-order chi connectivity index (χ0) is 9.97. The number of fused-ring (bicyclic) bond motifs is 1. The molecule has 1 aromatic heterocycles. The van der Waals surface area contributed by atoms with Crippen molar-refractivity contribution in [2.24, 2.45) is 5.73 Å². The molecule has 3 heteroatoms. The van der Waals surface area contributed by atoms with E-state index in [1.807, 2.05) is 30.5 Å². The monoisotopic (exact) mass is 190 g/mol. The summed E-state index contributed by atoms with van der Waals surface area (Å²) in [6.45, 7) is 0.506. The van der Waals surface area contributed by atoms with E-state index in [0.29, 0.717) is 13.0 Å². The molecular formula is C11H14N2O. The lowest BCUT2D eigenvalue weighted by Gasteiger charge is -2.09. The van der Waals surface area contributed by atoms with Crippen LogP contribution in [0, 0.1) is 0 Å². The Labute approximate surface area is 82.6 Å². The molecule has 0 saturated carbocycles. The molecule has 74 valence electrons. The molecule has 0 fully saturated rings. The summed E-state index contributed by atoms with van der Waals surface area (Å²) in [5.74, 6) is 0. The van der Waals surface area contributed by atoms with Gasteiger partial charge in [0, 0.05) is 11.7 Å². The predicted molar refractivity (Wildman–Crippen MR) is 56.9 cm³/mol. The number of hydrogen-bond acceptors (Lipinski definition) is 2. The SMILES string of the molecule is NCC[C@H](O)c1ccc2[nH]ccc2c1. The smallest absolute Gasteiger partial charge is 0.0802 e. The maximum Gasteiger partial charge on any atom is 0.0802 e. The van der Waals surface area contributed by atoms with E-state index in [4.69, 9.17) is 5.73 Å². The summed E-state index contributed by atoms with van der Waals surface area (Å²) in [7, 11) is 0. The molecule has 0 aliphatic carbocycles. The Hall–Kier alpha value is -1.32. The summed E-state index contributed by atoms with van der Waals surface area (Å²) in [6.07, 6.45) is 2.05. The Balaban J connectivity index is 2.33. The van der Waals surface area contributed by atoms with Crippen molar-refractivity contribution in [1.29, 1.82) is 0 Å². The summed E-state index contributed by atoms with van der Waals surface area (Å²) in [4.78, 5) is 3.11. The van der Waals surface area contributed by atoms with Gasteiger partial charge in [0.1, 0.15) is 0 Å². The van der Waals surface area contributed by atoms with Gasteiger partial charge in [-0.25, -0.2) is 0 Å². The highest BCUT2D eigenvalue weighted by atomic mass is 16.3. The van der Waals surface area contributed by atoms with Crippen LogP contribution in [0.15, 0.2) is 30.5 Å². The number of nitrogens with one attached hydrogen (secondary N) is 1. The van der Waals surface area contributed by atoms with Gasteiger partial charge in [-0.05, 0) is 42.1 Å². The van der Waals surface area contributed by atoms with Crippen LogP contribution in [0.25, 0.3) is 10.9 Å². The van der Waals surface area contributed by atoms with Gasteiger partial charge in [0.05, 0.1) is 6.10 Å². The number of H-pyrrole nitrogens is 1. The Morgan fingerprint density at radius 3 is 3.00 bits per heavy atom. The summed E-state index contributed by atoms with van der Waals surface area (Å²) in [5, 5.41) is 10.9. The van der Waals surface area contributed by atoms with Crippen LogP contribution in [0.1, 0.15) is 18.1 Å². The second-order valence-electron chi connectivity index (χ2n) is 3.42. The van der Waals surface area contributed by atoms with Gasteiger partial charge in [-0.2, -0.15) is 0 Å². The van der Waals surface area contributed by atoms with E-state index in [-0.39, 0.29) is 0 Å². The van der Waals surface area contributed by atoms with Gasteiger partial charge in [0.2, 0.25) is 0 Å². The number of nitrogens with two attached hydrogens (primary N) is 1. The molecule has 0 unspecified atom stereocenters. The Bertz CT molecular complexity index is 422. The molecule has 14 heavy (non-hydrogen) atoms. The van der Waals surface area contributed by atoms with Gasteiger partial charge >= 0.3 is 0 Å². The number of aliphatic hydroxyl groups excluding tert-OH is 1. The lowest BCUT2D eigenvalue weighted by molar-refractivity contribution is 0.170. The highest BCUT2D eigenvalue weighted by molar-refractivity contribution is 5.79. The Morgan fingerprint density at radius 2 is 2.21 bits per heavy atom. The number of aromatic nitrogens is 1. The van der Waals surface area contributed by atoms with Crippen molar-refractivity contribution < 1.29 is 5.11 Å². The number of benzene rings is 1. The fourth-order valence-electron chi connectivity index (χ4n) is 1.60. The molecular weight excluding hydrogens is 176 g/mol. The zero-order valence-corrected chi connectivity index (χ0v) is 7.90. The fraction of sp³-hybridized carbons (Fsp3) is 0.273. The van der Waals surface area contributed by atoms with Gasteiger partial charge in [0.25, 0.3) is 0 Å². The first-order valence-corrected chi connectivity index (χ1v) is 4.76. The standard InChI is InChI=1S/C11H14N2O/c12-5-3-11(14)9-1-2-10-8(7-9)4-6-13-10/h1-2,4,6-7,11,13-14H,3,5,12H2/t11-/m0/s1. The highest BCUT2D eigenvalue weighted by Gasteiger charge is 2.06. The van der Waals surface area contributed by atoms with E-state index in [0.717, 1.165) is 16.5 Å². The summed E-state index contributed by atoms with van der Waals surface area (Å²) < 4.78 is 0. The van der Waals surface area contributed by atoms with Gasteiger partial charge < -0.3 is 15.8 Å². The minimum Gasteiger partial charge on any atom is -0.388 e. The second-order valence-corrected chi connectivity index (χ2v) is 3.42. The van der Waals surface area contributed by atoms with Gasteiger partial charge in [-0.1, -0.05) is 6.07 Å². The number of aliphatic hydroxyl groups is 1. The maximum atomic E-state index is 9.73. The molecule has 0 bridgehead atoms. The third-order valence-electron chi connectivity index (χ3n) is 2.40. The largest absolute Gasteiger partial charge is 0.388 e. The second kappa shape index (κ2) is 3.82. The minimum absolute atomic E-state index is 0.445. The van der Waals surface area contributed by atoms with Crippen LogP contribution < -0.4 is 5.73 Å². The average molecular weight is 190 g/mol. The normalized spacial score (nSPS) is 13.3. The maximum absolute atomic E-state index is 9.73. The molecule has 0 aliphatic heterocycles. The average Bonchev–Trinajstić information content (AvgIpc) is 2.64. The minimum atomic E-state index is -0.445. The third-order valence-corrected chi connectivity index (χ3v) is 2.40. The number of hydrogen-bond donors (Lipinski definition) is 3. The topological polar surface area (TPSA) is 62.0 Å². The van der Waals surface area contributed by atoms with Crippen LogP contribution in [0.5, 0.6) is 0 Å². The molecule has 2 aromatic rings. The van der Waals surface area contributed by atoms with Gasteiger partial charge in [0.15, 0.2) is 0 Å². The fourth-order valence-corrected chi connectivity index (χ4v) is 1.60. The highest BCUT2D eigenvalue weighted by Crippen LogP contribution is 2.21. The molecule has 0 saturated heterocycles. The molecule has 4 N–H and O–H groups in total. The zero-order valence-electron chi connectivity index (χ0n) is 7.90. The summed E-state index contributed by atoms with van der Waals surface area (Å²) >= 11 is 0. The van der Waals surface area contributed by atoms with Crippen molar-refractivity contribution in [2.45, 2.75) is 12.5 Å². The van der Waals surface area contributed by atoms with E-state index in [1.54, 1.807) is 0 Å². The Kier molecular flexibility index (Phi) is 2.52. The third kappa shape index (κ3) is 1.64. The summed E-state index contributed by atoms with van der Waals surface area (Å²) in [5.41, 5.74) is 7.42. The number of rotatable bonds is 3. The van der Waals surface area contributed by atoms with Crippen LogP contribution >= 0.6 is 0 Å². The molecule has 0 amide bonds. The molecule has 1 heterocycles. The van der Waals surface area contributed by atoms with Crippen LogP contribution in [0.3, 0.4) is 0 Å². The van der Waals surface area contributed by atoms with Gasteiger partial charge in [-0.3, -0.25) is 0 Å². The van der Waals surface area contributed by atoms with Crippen molar-refractivity contribution in [3.63, 3.8) is 0 Å². The van der Waals surface area contributed by atoms with Crippen molar-refractivity contribution in [3.8, 4) is 0 Å². The molecule has 3 nitrogen and oxygen atoms in total. The van der Waals surface area contributed by atoms with Crippen molar-refractivity contribution in [3.05, 3.63) is 36.0 Å². The number of aromatic amines is 1. The lowest BCUT2D eigenvalue weighted by atomic mass is 10.1. The lowest BCUT2D eigenvalue weighted by Crippen LogP contribution is -2.06. The summed E-state index contributed by atoms with van der Waals surface area (Å²) in [6, 6.07) is 7.89. The molecule has 0 aliphatic rings. The molecule has 0 spiro atoms. The van der Waals surface area contributed by atoms with E-state index in [9.17, 15) is 5.11 Å². The molecule has 1 aromatic carbocycles. The molecule has 1 atom stereocenters. The van der Waals surface area contributed by atoms with Crippen LogP contribution in [-0.4, -0.2) is 16.6 Å².